The second-order valence-corrected chi connectivity index (χ2v) is 3.62. The molecule has 6 nitrogen and oxygen atoms in total. The maximum Gasteiger partial charge on any atom is 0.296 e. The van der Waals surface area contributed by atoms with Crippen LogP contribution in [0.3, 0.4) is 0 Å². The predicted molar refractivity (Wildman–Crippen MR) is 69.2 cm³/mol. The van der Waals surface area contributed by atoms with Crippen molar-refractivity contribution in [1.29, 1.82) is 0 Å². The van der Waals surface area contributed by atoms with E-state index in [1.807, 2.05) is 6.92 Å². The molecule has 0 unspecified atom stereocenters. The minimum Gasteiger partial charge on any atom is -0.496 e. The van der Waals surface area contributed by atoms with E-state index in [2.05, 4.69) is 5.32 Å². The minimum absolute atomic E-state index is 0.0192. The van der Waals surface area contributed by atoms with E-state index < -0.39 is 4.92 Å². The second kappa shape index (κ2) is 7.50. The van der Waals surface area contributed by atoms with Gasteiger partial charge in [0, 0.05) is 19.8 Å². The van der Waals surface area contributed by atoms with Gasteiger partial charge in [-0.2, -0.15) is 0 Å². The summed E-state index contributed by atoms with van der Waals surface area (Å²) in [4.78, 5) is 10.5. The van der Waals surface area contributed by atoms with Crippen LogP contribution in [0, 0.1) is 10.1 Å². The number of anilines is 1. The molecule has 0 bridgehead atoms. The van der Waals surface area contributed by atoms with Gasteiger partial charge < -0.3 is 14.8 Å². The average molecular weight is 254 g/mol. The van der Waals surface area contributed by atoms with Crippen molar-refractivity contribution in [1.82, 2.24) is 0 Å². The van der Waals surface area contributed by atoms with Crippen molar-refractivity contribution in [3.8, 4) is 5.75 Å². The lowest BCUT2D eigenvalue weighted by Gasteiger charge is -2.08. The summed E-state index contributed by atoms with van der Waals surface area (Å²) < 4.78 is 10.2. The highest BCUT2D eigenvalue weighted by atomic mass is 16.6. The molecule has 0 spiro atoms. The molecule has 1 aromatic carbocycles. The SMILES string of the molecule is CCOCCCNc1ccc(OC)cc1[N+](=O)[O-]. The summed E-state index contributed by atoms with van der Waals surface area (Å²) in [6.07, 6.45) is 0.803. The second-order valence-electron chi connectivity index (χ2n) is 3.62. The molecule has 0 fully saturated rings. The first-order valence-corrected chi connectivity index (χ1v) is 5.83. The molecule has 1 aromatic rings. The van der Waals surface area contributed by atoms with Gasteiger partial charge in [-0.25, -0.2) is 0 Å². The zero-order chi connectivity index (χ0) is 13.4. The van der Waals surface area contributed by atoms with Gasteiger partial charge in [-0.15, -0.1) is 0 Å². The molecular formula is C12H18N2O4. The maximum absolute atomic E-state index is 10.9. The highest BCUT2D eigenvalue weighted by molar-refractivity contribution is 5.63. The highest BCUT2D eigenvalue weighted by Crippen LogP contribution is 2.28. The van der Waals surface area contributed by atoms with E-state index in [4.69, 9.17) is 9.47 Å². The Bertz CT molecular complexity index is 396. The van der Waals surface area contributed by atoms with Crippen molar-refractivity contribution in [2.24, 2.45) is 0 Å². The van der Waals surface area contributed by atoms with Crippen molar-refractivity contribution in [3.63, 3.8) is 0 Å². The largest absolute Gasteiger partial charge is 0.496 e. The zero-order valence-electron chi connectivity index (χ0n) is 10.6. The Morgan fingerprint density at radius 2 is 2.22 bits per heavy atom. The molecule has 100 valence electrons. The third-order valence-corrected chi connectivity index (χ3v) is 2.39. The molecule has 1 rings (SSSR count). The summed E-state index contributed by atoms with van der Waals surface area (Å²) in [7, 11) is 1.48. The summed E-state index contributed by atoms with van der Waals surface area (Å²) in [5, 5.41) is 13.9. The molecule has 0 heterocycles. The van der Waals surface area contributed by atoms with Gasteiger partial charge in [-0.1, -0.05) is 0 Å². The molecule has 0 aromatic heterocycles. The van der Waals surface area contributed by atoms with E-state index in [1.54, 1.807) is 12.1 Å². The lowest BCUT2D eigenvalue weighted by Crippen LogP contribution is -2.07. The normalized spacial score (nSPS) is 10.1. The first-order valence-electron chi connectivity index (χ1n) is 5.83. The number of rotatable bonds is 8. The Kier molecular flexibility index (Phi) is 5.93. The fraction of sp³-hybridized carbons (Fsp3) is 0.500. The van der Waals surface area contributed by atoms with Crippen molar-refractivity contribution in [2.45, 2.75) is 13.3 Å². The Morgan fingerprint density at radius 3 is 2.83 bits per heavy atom. The van der Waals surface area contributed by atoms with Crippen LogP contribution in [0.5, 0.6) is 5.75 Å². The van der Waals surface area contributed by atoms with Gasteiger partial charge >= 0.3 is 0 Å². The van der Waals surface area contributed by atoms with Gasteiger partial charge in [-0.05, 0) is 25.5 Å². The number of nitro benzene ring substituents is 1. The number of benzene rings is 1. The van der Waals surface area contributed by atoms with Crippen molar-refractivity contribution in [2.75, 3.05) is 32.2 Å². The van der Waals surface area contributed by atoms with Crippen LogP contribution in [-0.4, -0.2) is 31.8 Å². The standard InChI is InChI=1S/C12H18N2O4/c1-3-18-8-4-7-13-11-6-5-10(17-2)9-12(11)14(15)16/h5-6,9,13H,3-4,7-8H2,1-2H3. The van der Waals surface area contributed by atoms with Gasteiger partial charge in [0.2, 0.25) is 0 Å². The van der Waals surface area contributed by atoms with Crippen LogP contribution in [0.25, 0.3) is 0 Å². The summed E-state index contributed by atoms with van der Waals surface area (Å²) in [5.41, 5.74) is 0.517. The molecule has 18 heavy (non-hydrogen) atoms. The van der Waals surface area contributed by atoms with E-state index >= 15 is 0 Å². The van der Waals surface area contributed by atoms with E-state index in [-0.39, 0.29) is 5.69 Å². The van der Waals surface area contributed by atoms with Gasteiger partial charge in [-0.3, -0.25) is 10.1 Å². The van der Waals surface area contributed by atoms with Crippen LogP contribution < -0.4 is 10.1 Å². The van der Waals surface area contributed by atoms with E-state index in [0.29, 0.717) is 31.2 Å². The fourth-order valence-corrected chi connectivity index (χ4v) is 1.48. The van der Waals surface area contributed by atoms with Crippen molar-refractivity contribution < 1.29 is 14.4 Å². The molecular weight excluding hydrogens is 236 g/mol. The van der Waals surface area contributed by atoms with E-state index in [0.717, 1.165) is 6.42 Å². The van der Waals surface area contributed by atoms with Crippen LogP contribution >= 0.6 is 0 Å². The minimum atomic E-state index is -0.423. The molecule has 0 aliphatic heterocycles. The number of hydrogen-bond donors (Lipinski definition) is 1. The molecule has 0 saturated carbocycles. The third kappa shape index (κ3) is 4.21. The Hall–Kier alpha value is -1.82. The number of nitrogens with zero attached hydrogens (tertiary/aromatic N) is 1. The van der Waals surface area contributed by atoms with Crippen molar-refractivity contribution >= 4 is 11.4 Å². The number of ether oxygens (including phenoxy) is 2. The fourth-order valence-electron chi connectivity index (χ4n) is 1.48. The van der Waals surface area contributed by atoms with E-state index in [1.165, 1.54) is 13.2 Å². The number of hydrogen-bond acceptors (Lipinski definition) is 5. The summed E-state index contributed by atoms with van der Waals surface area (Å²) in [6.45, 7) is 3.89. The molecule has 0 atom stereocenters. The molecule has 0 radical (unpaired) electrons. The van der Waals surface area contributed by atoms with Gasteiger partial charge in [0.25, 0.3) is 5.69 Å². The molecule has 6 heteroatoms. The summed E-state index contributed by atoms with van der Waals surface area (Å²) in [5.74, 6) is 0.474. The zero-order valence-corrected chi connectivity index (χ0v) is 10.6. The quantitative estimate of drug-likeness (QED) is 0.438. The number of nitro groups is 1. The van der Waals surface area contributed by atoms with Gasteiger partial charge in [0.1, 0.15) is 11.4 Å². The van der Waals surface area contributed by atoms with Crippen LogP contribution in [0.2, 0.25) is 0 Å². The smallest absolute Gasteiger partial charge is 0.296 e. The van der Waals surface area contributed by atoms with Crippen LogP contribution in [0.1, 0.15) is 13.3 Å². The van der Waals surface area contributed by atoms with Crippen molar-refractivity contribution in [3.05, 3.63) is 28.3 Å². The Labute approximate surface area is 106 Å². The first-order chi connectivity index (χ1) is 8.69. The lowest BCUT2D eigenvalue weighted by molar-refractivity contribution is -0.384. The number of methoxy groups -OCH3 is 1. The predicted octanol–water partition coefficient (Wildman–Crippen LogP) is 2.44. The van der Waals surface area contributed by atoms with E-state index in [9.17, 15) is 10.1 Å². The lowest BCUT2D eigenvalue weighted by atomic mass is 10.2. The number of nitrogens with one attached hydrogen (secondary N) is 1. The highest BCUT2D eigenvalue weighted by Gasteiger charge is 2.14. The Balaban J connectivity index is 2.61. The van der Waals surface area contributed by atoms with Gasteiger partial charge in [0.05, 0.1) is 18.1 Å². The van der Waals surface area contributed by atoms with Crippen LogP contribution in [0.4, 0.5) is 11.4 Å². The first kappa shape index (κ1) is 14.2. The average Bonchev–Trinajstić information content (AvgIpc) is 2.38. The molecule has 1 N–H and O–H groups in total. The molecule has 0 saturated heterocycles. The monoisotopic (exact) mass is 254 g/mol. The van der Waals surface area contributed by atoms with Crippen LogP contribution in [0.15, 0.2) is 18.2 Å². The topological polar surface area (TPSA) is 73.6 Å². The molecule has 0 aliphatic rings. The molecule has 0 amide bonds. The third-order valence-electron chi connectivity index (χ3n) is 2.39. The van der Waals surface area contributed by atoms with Crippen LogP contribution in [-0.2, 0) is 4.74 Å². The maximum atomic E-state index is 10.9. The van der Waals surface area contributed by atoms with Gasteiger partial charge in [0.15, 0.2) is 0 Å². The Morgan fingerprint density at radius 1 is 1.44 bits per heavy atom. The summed E-state index contributed by atoms with van der Waals surface area (Å²) >= 11 is 0. The summed E-state index contributed by atoms with van der Waals surface area (Å²) in [6, 6.07) is 4.75. The molecule has 0 aliphatic carbocycles.